The molecular formula is C12H11NO3. The van der Waals surface area contributed by atoms with Crippen LogP contribution in [0.1, 0.15) is 32.7 Å². The highest BCUT2D eigenvalue weighted by molar-refractivity contribution is 5.91. The van der Waals surface area contributed by atoms with Gasteiger partial charge in [0.25, 0.3) is 0 Å². The molecule has 0 saturated heterocycles. The van der Waals surface area contributed by atoms with Crippen molar-refractivity contribution < 1.29 is 14.4 Å². The summed E-state index contributed by atoms with van der Waals surface area (Å²) < 4.78 is 0. The van der Waals surface area contributed by atoms with E-state index in [2.05, 4.69) is 0 Å². The first-order valence-corrected chi connectivity index (χ1v) is 4.67. The van der Waals surface area contributed by atoms with Crippen LogP contribution in [0.5, 0.6) is 0 Å². The van der Waals surface area contributed by atoms with Crippen LogP contribution in [0.3, 0.4) is 0 Å². The van der Waals surface area contributed by atoms with Crippen LogP contribution >= 0.6 is 0 Å². The number of carbonyl (C=O) groups is 3. The van der Waals surface area contributed by atoms with Gasteiger partial charge in [-0.15, -0.1) is 0 Å². The van der Waals surface area contributed by atoms with Crippen molar-refractivity contribution >= 4 is 24.6 Å². The molecule has 0 aliphatic heterocycles. The van der Waals surface area contributed by atoms with Gasteiger partial charge in [0.15, 0.2) is 12.6 Å². The highest BCUT2D eigenvalue weighted by Gasteiger charge is 2.03. The number of amides is 1. The predicted octanol–water partition coefficient (Wildman–Crippen LogP) is 1.20. The number of nitrogens with two attached hydrogens (primary N) is 1. The van der Waals surface area contributed by atoms with Crippen molar-refractivity contribution in [3.8, 4) is 0 Å². The van der Waals surface area contributed by atoms with Gasteiger partial charge in [-0.1, -0.05) is 30.4 Å². The molecule has 0 aromatic heterocycles. The average Bonchev–Trinajstić information content (AvgIpc) is 2.28. The van der Waals surface area contributed by atoms with Gasteiger partial charge in [0, 0.05) is 17.5 Å². The Morgan fingerprint density at radius 3 is 2.19 bits per heavy atom. The lowest BCUT2D eigenvalue weighted by Crippen LogP contribution is -2.08. The molecule has 0 aliphatic carbocycles. The maximum absolute atomic E-state index is 10.8. The summed E-state index contributed by atoms with van der Waals surface area (Å²) in [6.07, 6.45) is 4.48. The highest BCUT2D eigenvalue weighted by atomic mass is 16.1. The fraction of sp³-hybridized carbons (Fsp3) is 0.0833. The van der Waals surface area contributed by atoms with Crippen LogP contribution < -0.4 is 5.73 Å². The second-order valence-electron chi connectivity index (χ2n) is 3.16. The van der Waals surface area contributed by atoms with E-state index in [0.29, 0.717) is 29.3 Å². The van der Waals surface area contributed by atoms with Crippen molar-refractivity contribution in [3.05, 3.63) is 41.0 Å². The monoisotopic (exact) mass is 217 g/mol. The summed E-state index contributed by atoms with van der Waals surface area (Å²) in [5.74, 6) is -0.465. The lowest BCUT2D eigenvalue weighted by atomic mass is 10.0. The third-order valence-corrected chi connectivity index (χ3v) is 2.03. The molecule has 2 N–H and O–H groups in total. The van der Waals surface area contributed by atoms with Crippen LogP contribution in [0.25, 0.3) is 6.08 Å². The first-order valence-electron chi connectivity index (χ1n) is 4.67. The van der Waals surface area contributed by atoms with Gasteiger partial charge < -0.3 is 5.73 Å². The zero-order valence-electron chi connectivity index (χ0n) is 8.55. The molecule has 0 radical (unpaired) electrons. The van der Waals surface area contributed by atoms with E-state index in [1.807, 2.05) is 0 Å². The van der Waals surface area contributed by atoms with E-state index in [-0.39, 0.29) is 6.42 Å². The molecule has 0 spiro atoms. The molecule has 1 rings (SSSR count). The van der Waals surface area contributed by atoms with E-state index in [4.69, 9.17) is 5.73 Å². The van der Waals surface area contributed by atoms with Gasteiger partial charge in [-0.2, -0.15) is 0 Å². The second-order valence-corrected chi connectivity index (χ2v) is 3.16. The zero-order valence-corrected chi connectivity index (χ0v) is 8.55. The minimum atomic E-state index is -0.465. The molecular weight excluding hydrogens is 206 g/mol. The van der Waals surface area contributed by atoms with E-state index >= 15 is 0 Å². The zero-order chi connectivity index (χ0) is 12.0. The SMILES string of the molecule is NC(=O)CC=Cc1c(C=O)cccc1C=O. The fourth-order valence-corrected chi connectivity index (χ4v) is 1.29. The summed E-state index contributed by atoms with van der Waals surface area (Å²) in [6.45, 7) is 0. The summed E-state index contributed by atoms with van der Waals surface area (Å²) >= 11 is 0. The lowest BCUT2D eigenvalue weighted by Gasteiger charge is -2.01. The molecule has 0 bridgehead atoms. The predicted molar refractivity (Wildman–Crippen MR) is 60.1 cm³/mol. The van der Waals surface area contributed by atoms with E-state index in [9.17, 15) is 14.4 Å². The number of hydrogen-bond donors (Lipinski definition) is 1. The smallest absolute Gasteiger partial charge is 0.221 e. The van der Waals surface area contributed by atoms with Crippen molar-refractivity contribution in [1.82, 2.24) is 0 Å². The number of rotatable bonds is 5. The molecule has 1 aromatic carbocycles. The number of primary amides is 1. The van der Waals surface area contributed by atoms with Gasteiger partial charge in [0.1, 0.15) is 0 Å². The van der Waals surface area contributed by atoms with E-state index in [0.717, 1.165) is 0 Å². The molecule has 0 aliphatic rings. The van der Waals surface area contributed by atoms with Crippen molar-refractivity contribution in [2.45, 2.75) is 6.42 Å². The Morgan fingerprint density at radius 1 is 1.19 bits per heavy atom. The van der Waals surface area contributed by atoms with Crippen molar-refractivity contribution in [2.75, 3.05) is 0 Å². The Balaban J connectivity index is 3.08. The van der Waals surface area contributed by atoms with Gasteiger partial charge in [-0.25, -0.2) is 0 Å². The largest absolute Gasteiger partial charge is 0.369 e. The molecule has 1 amide bonds. The van der Waals surface area contributed by atoms with Crippen LogP contribution in [0.4, 0.5) is 0 Å². The summed E-state index contributed by atoms with van der Waals surface area (Å²) in [7, 11) is 0. The molecule has 4 heteroatoms. The normalized spacial score (nSPS) is 10.2. The minimum absolute atomic E-state index is 0.0749. The number of benzene rings is 1. The van der Waals surface area contributed by atoms with Gasteiger partial charge in [-0.3, -0.25) is 14.4 Å². The average molecular weight is 217 g/mol. The fourth-order valence-electron chi connectivity index (χ4n) is 1.29. The van der Waals surface area contributed by atoms with Crippen LogP contribution in [0.2, 0.25) is 0 Å². The third-order valence-electron chi connectivity index (χ3n) is 2.03. The number of hydrogen-bond acceptors (Lipinski definition) is 3. The standard InChI is InChI=1S/C12H11NO3/c13-12(16)6-2-5-11-9(7-14)3-1-4-10(11)8-15/h1-5,7-8H,6H2,(H2,13,16). The van der Waals surface area contributed by atoms with Crippen molar-refractivity contribution in [2.24, 2.45) is 5.73 Å². The maximum Gasteiger partial charge on any atom is 0.221 e. The van der Waals surface area contributed by atoms with Gasteiger partial charge in [0.2, 0.25) is 5.91 Å². The van der Waals surface area contributed by atoms with Crippen LogP contribution in [0.15, 0.2) is 24.3 Å². The highest BCUT2D eigenvalue weighted by Crippen LogP contribution is 2.14. The van der Waals surface area contributed by atoms with Gasteiger partial charge in [0.05, 0.1) is 0 Å². The Bertz CT molecular complexity index is 423. The quantitative estimate of drug-likeness (QED) is 0.753. The van der Waals surface area contributed by atoms with Gasteiger partial charge in [-0.05, 0) is 5.56 Å². The Labute approximate surface area is 92.8 Å². The second kappa shape index (κ2) is 5.60. The molecule has 0 heterocycles. The van der Waals surface area contributed by atoms with Crippen LogP contribution in [-0.2, 0) is 4.79 Å². The molecule has 1 aromatic rings. The van der Waals surface area contributed by atoms with E-state index < -0.39 is 5.91 Å². The van der Waals surface area contributed by atoms with E-state index in [1.165, 1.54) is 6.08 Å². The topological polar surface area (TPSA) is 77.2 Å². The third kappa shape index (κ3) is 2.88. The summed E-state index contributed by atoms with van der Waals surface area (Å²) in [4.78, 5) is 32.0. The van der Waals surface area contributed by atoms with Crippen molar-refractivity contribution in [1.29, 1.82) is 0 Å². The number of carbonyl (C=O) groups excluding carboxylic acids is 3. The van der Waals surface area contributed by atoms with E-state index in [1.54, 1.807) is 24.3 Å². The molecule has 0 unspecified atom stereocenters. The lowest BCUT2D eigenvalue weighted by molar-refractivity contribution is -0.117. The number of aldehydes is 2. The summed E-state index contributed by atoms with van der Waals surface area (Å²) in [5.41, 5.74) is 6.29. The molecule has 4 nitrogen and oxygen atoms in total. The molecule has 16 heavy (non-hydrogen) atoms. The molecule has 0 saturated carbocycles. The Morgan fingerprint density at radius 2 is 1.75 bits per heavy atom. The molecule has 0 fully saturated rings. The first kappa shape index (κ1) is 11.8. The molecule has 82 valence electrons. The molecule has 0 atom stereocenters. The van der Waals surface area contributed by atoms with Gasteiger partial charge >= 0.3 is 0 Å². The Hall–Kier alpha value is -2.23. The summed E-state index contributed by atoms with van der Waals surface area (Å²) in [6, 6.07) is 4.83. The first-order chi connectivity index (χ1) is 7.69. The minimum Gasteiger partial charge on any atom is -0.369 e. The Kier molecular flexibility index (Phi) is 4.15. The maximum atomic E-state index is 10.8. The van der Waals surface area contributed by atoms with Crippen molar-refractivity contribution in [3.63, 3.8) is 0 Å². The summed E-state index contributed by atoms with van der Waals surface area (Å²) in [5, 5.41) is 0. The van der Waals surface area contributed by atoms with Crippen LogP contribution in [0, 0.1) is 0 Å². The van der Waals surface area contributed by atoms with Crippen LogP contribution in [-0.4, -0.2) is 18.5 Å².